The van der Waals surface area contributed by atoms with Gasteiger partial charge in [-0.1, -0.05) is 0 Å². The molecule has 5 nitrogen and oxygen atoms in total. The quantitative estimate of drug-likeness (QED) is 0.824. The van der Waals surface area contributed by atoms with Crippen LogP contribution in [0.4, 0.5) is 0 Å². The van der Waals surface area contributed by atoms with Crippen LogP contribution in [0, 0.1) is 0 Å². The van der Waals surface area contributed by atoms with E-state index in [0.717, 1.165) is 0 Å². The maximum atomic E-state index is 12.0. The smallest absolute Gasteiger partial charge is 0.240 e. The second-order valence-corrected chi connectivity index (χ2v) is 8.38. The van der Waals surface area contributed by atoms with Gasteiger partial charge in [-0.3, -0.25) is 4.21 Å². The highest BCUT2D eigenvalue weighted by molar-refractivity contribution is 9.10. The van der Waals surface area contributed by atoms with Crippen LogP contribution < -0.4 is 9.46 Å². The van der Waals surface area contributed by atoms with E-state index in [0.29, 0.717) is 10.2 Å². The van der Waals surface area contributed by atoms with Gasteiger partial charge in [-0.25, -0.2) is 13.1 Å². The summed E-state index contributed by atoms with van der Waals surface area (Å²) in [5, 5.41) is -0.239. The first kappa shape index (κ1) is 16.6. The Morgan fingerprint density at radius 1 is 1.47 bits per heavy atom. The summed E-state index contributed by atoms with van der Waals surface area (Å²) in [4.78, 5) is 0.134. The van der Waals surface area contributed by atoms with Crippen molar-refractivity contribution in [3.8, 4) is 5.75 Å². The minimum atomic E-state index is -3.61. The van der Waals surface area contributed by atoms with Crippen LogP contribution in [-0.2, 0) is 20.8 Å². The maximum Gasteiger partial charge on any atom is 0.240 e. The summed E-state index contributed by atoms with van der Waals surface area (Å²) in [5.41, 5.74) is 0. The average molecular weight is 370 g/mol. The first-order valence-corrected chi connectivity index (χ1v) is 9.33. The number of hydrogen-bond donors (Lipinski definition) is 1. The third kappa shape index (κ3) is 4.55. The van der Waals surface area contributed by atoms with Gasteiger partial charge in [-0.15, -0.1) is 0 Å². The third-order valence-corrected chi connectivity index (χ3v) is 5.90. The number of hydrogen-bond acceptors (Lipinski definition) is 4. The first-order chi connectivity index (χ1) is 8.77. The number of rotatable bonds is 6. The van der Waals surface area contributed by atoms with Crippen molar-refractivity contribution < 1.29 is 17.4 Å². The van der Waals surface area contributed by atoms with Gasteiger partial charge in [0, 0.05) is 28.9 Å². The Hall–Kier alpha value is -0.440. The average Bonchev–Trinajstić information content (AvgIpc) is 2.35. The molecule has 1 aromatic rings. The predicted molar refractivity (Wildman–Crippen MR) is 79.4 cm³/mol. The van der Waals surface area contributed by atoms with Gasteiger partial charge in [-0.2, -0.15) is 0 Å². The van der Waals surface area contributed by atoms with Crippen molar-refractivity contribution in [1.29, 1.82) is 0 Å². The molecule has 0 fully saturated rings. The molecule has 1 aromatic carbocycles. The topological polar surface area (TPSA) is 72.5 Å². The van der Waals surface area contributed by atoms with Gasteiger partial charge in [0.25, 0.3) is 0 Å². The molecule has 0 aliphatic rings. The molecule has 0 aliphatic heterocycles. The van der Waals surface area contributed by atoms with Crippen molar-refractivity contribution in [2.75, 3.05) is 19.9 Å². The zero-order chi connectivity index (χ0) is 14.6. The highest BCUT2D eigenvalue weighted by atomic mass is 79.9. The molecule has 0 radical (unpaired) electrons. The van der Waals surface area contributed by atoms with Crippen molar-refractivity contribution in [3.05, 3.63) is 22.7 Å². The molecule has 0 amide bonds. The molecule has 0 saturated carbocycles. The Labute approximate surface area is 124 Å². The lowest BCUT2D eigenvalue weighted by Gasteiger charge is -2.11. The molecular formula is C11H16BrNO4S2. The molecule has 0 spiro atoms. The summed E-state index contributed by atoms with van der Waals surface area (Å²) in [6.45, 7) is 1.86. The van der Waals surface area contributed by atoms with E-state index in [1.807, 2.05) is 0 Å². The molecular weight excluding hydrogens is 354 g/mol. The highest BCUT2D eigenvalue weighted by Crippen LogP contribution is 2.27. The van der Waals surface area contributed by atoms with Crippen molar-refractivity contribution >= 4 is 36.8 Å². The van der Waals surface area contributed by atoms with E-state index in [2.05, 4.69) is 20.7 Å². The number of halogens is 1. The van der Waals surface area contributed by atoms with E-state index in [9.17, 15) is 12.6 Å². The Balaban J connectivity index is 2.89. The Morgan fingerprint density at radius 2 is 2.11 bits per heavy atom. The van der Waals surface area contributed by atoms with Crippen molar-refractivity contribution in [2.45, 2.75) is 17.1 Å². The zero-order valence-corrected chi connectivity index (χ0v) is 14.1. The molecule has 19 heavy (non-hydrogen) atoms. The van der Waals surface area contributed by atoms with Crippen molar-refractivity contribution in [1.82, 2.24) is 4.72 Å². The van der Waals surface area contributed by atoms with Crippen LogP contribution in [0.5, 0.6) is 5.75 Å². The second-order valence-electron chi connectivity index (χ2n) is 3.96. The van der Waals surface area contributed by atoms with Gasteiger partial charge in [0.2, 0.25) is 10.0 Å². The zero-order valence-electron chi connectivity index (χ0n) is 10.8. The monoisotopic (exact) mass is 369 g/mol. The van der Waals surface area contributed by atoms with E-state index in [1.165, 1.54) is 19.2 Å². The summed E-state index contributed by atoms with van der Waals surface area (Å²) < 4.78 is 43.3. The SMILES string of the molecule is COc1ccc(S(=O)(=O)NCC(C)S(C)=O)cc1Br. The molecule has 0 heterocycles. The number of ether oxygens (including phenoxy) is 1. The number of methoxy groups -OCH3 is 1. The minimum absolute atomic E-state index is 0.134. The fourth-order valence-corrected chi connectivity index (χ4v) is 3.51. The normalized spacial score (nSPS) is 14.9. The van der Waals surface area contributed by atoms with Crippen LogP contribution in [0.25, 0.3) is 0 Å². The summed E-state index contributed by atoms with van der Waals surface area (Å²) in [6.07, 6.45) is 1.54. The number of benzene rings is 1. The minimum Gasteiger partial charge on any atom is -0.496 e. The third-order valence-electron chi connectivity index (χ3n) is 2.56. The molecule has 1 rings (SSSR count). The van der Waals surface area contributed by atoms with Gasteiger partial charge >= 0.3 is 0 Å². The number of sulfonamides is 1. The van der Waals surface area contributed by atoms with Crippen molar-refractivity contribution in [2.24, 2.45) is 0 Å². The Bertz CT molecular complexity index is 574. The van der Waals surface area contributed by atoms with Crippen LogP contribution in [0.2, 0.25) is 0 Å². The molecule has 0 aliphatic carbocycles. The van der Waals surface area contributed by atoms with E-state index >= 15 is 0 Å². The van der Waals surface area contributed by atoms with E-state index in [-0.39, 0.29) is 16.7 Å². The van der Waals surface area contributed by atoms with Gasteiger partial charge in [0.1, 0.15) is 5.75 Å². The van der Waals surface area contributed by atoms with Crippen LogP contribution in [0.1, 0.15) is 6.92 Å². The summed E-state index contributed by atoms with van der Waals surface area (Å²) in [7, 11) is -3.17. The fourth-order valence-electron chi connectivity index (χ4n) is 1.24. The lowest BCUT2D eigenvalue weighted by molar-refractivity contribution is 0.411. The van der Waals surface area contributed by atoms with Gasteiger partial charge < -0.3 is 4.74 Å². The van der Waals surface area contributed by atoms with E-state index < -0.39 is 20.8 Å². The number of nitrogens with one attached hydrogen (secondary N) is 1. The van der Waals surface area contributed by atoms with Crippen molar-refractivity contribution in [3.63, 3.8) is 0 Å². The van der Waals surface area contributed by atoms with E-state index in [4.69, 9.17) is 4.74 Å². The molecule has 8 heteroatoms. The summed E-state index contributed by atoms with van der Waals surface area (Å²) >= 11 is 3.24. The second kappa shape index (κ2) is 6.83. The van der Waals surface area contributed by atoms with Gasteiger partial charge in [0.05, 0.1) is 16.5 Å². The molecule has 1 N–H and O–H groups in total. The van der Waals surface area contributed by atoms with Crippen LogP contribution in [0.15, 0.2) is 27.6 Å². The standard InChI is InChI=1S/C11H16BrNO4S2/c1-8(18(3)14)7-13-19(15,16)9-4-5-11(17-2)10(12)6-9/h4-6,8,13H,7H2,1-3H3. The lowest BCUT2D eigenvalue weighted by Crippen LogP contribution is -2.32. The first-order valence-electron chi connectivity index (χ1n) is 5.43. The predicted octanol–water partition coefficient (Wildman–Crippen LogP) is 1.50. The highest BCUT2D eigenvalue weighted by Gasteiger charge is 2.17. The maximum absolute atomic E-state index is 12.0. The summed E-state index contributed by atoms with van der Waals surface area (Å²) in [5.74, 6) is 0.557. The molecule has 2 unspecified atom stereocenters. The van der Waals surface area contributed by atoms with Crippen LogP contribution in [-0.4, -0.2) is 37.8 Å². The molecule has 2 atom stereocenters. The molecule has 0 aromatic heterocycles. The van der Waals surface area contributed by atoms with Gasteiger partial charge in [0.15, 0.2) is 0 Å². The molecule has 0 saturated heterocycles. The summed E-state index contributed by atoms with van der Waals surface area (Å²) in [6, 6.07) is 4.49. The van der Waals surface area contributed by atoms with Crippen LogP contribution >= 0.6 is 15.9 Å². The fraction of sp³-hybridized carbons (Fsp3) is 0.455. The Kier molecular flexibility index (Phi) is 5.97. The lowest BCUT2D eigenvalue weighted by atomic mass is 10.3. The molecule has 108 valence electrons. The van der Waals surface area contributed by atoms with E-state index in [1.54, 1.807) is 19.2 Å². The molecule has 0 bridgehead atoms. The Morgan fingerprint density at radius 3 is 2.58 bits per heavy atom. The largest absolute Gasteiger partial charge is 0.496 e. The van der Waals surface area contributed by atoms with Crippen LogP contribution in [0.3, 0.4) is 0 Å². The van der Waals surface area contributed by atoms with Gasteiger partial charge in [-0.05, 0) is 41.1 Å².